The number of para-hydroxylation sites is 1. The Balaban J connectivity index is 2.08. The van der Waals surface area contributed by atoms with Gasteiger partial charge in [-0.2, -0.15) is 11.8 Å². The van der Waals surface area contributed by atoms with E-state index in [0.717, 1.165) is 23.3 Å². The van der Waals surface area contributed by atoms with E-state index in [0.29, 0.717) is 10.9 Å². The fourth-order valence-corrected chi connectivity index (χ4v) is 3.88. The predicted octanol–water partition coefficient (Wildman–Crippen LogP) is 2.74. The first kappa shape index (κ1) is 11.2. The highest BCUT2D eigenvalue weighted by atomic mass is 35.5. The number of hydrogen-bond donors (Lipinski definition) is 1. The molecule has 2 heterocycles. The largest absolute Gasteiger partial charge is 0.326 e. The molecular weight excluding hydrogens is 256 g/mol. The maximum atomic E-state index is 11.9. The summed E-state index contributed by atoms with van der Waals surface area (Å²) in [6, 6.07) is 5.58. The summed E-state index contributed by atoms with van der Waals surface area (Å²) >= 11 is 8.14. The van der Waals surface area contributed by atoms with Gasteiger partial charge in [-0.15, -0.1) is 0 Å². The number of rotatable bonds is 2. The van der Waals surface area contributed by atoms with Gasteiger partial charge in [-0.3, -0.25) is 4.57 Å². The monoisotopic (exact) mass is 268 g/mol. The minimum atomic E-state index is -0.0509. The molecule has 0 bridgehead atoms. The number of fused-ring (bicyclic) bond motifs is 1. The van der Waals surface area contributed by atoms with Gasteiger partial charge in [0, 0.05) is 6.54 Å². The number of hydrogen-bond acceptors (Lipinski definition) is 2. The highest BCUT2D eigenvalue weighted by molar-refractivity contribution is 7.99. The minimum Gasteiger partial charge on any atom is -0.305 e. The van der Waals surface area contributed by atoms with Crippen molar-refractivity contribution in [3.63, 3.8) is 0 Å². The summed E-state index contributed by atoms with van der Waals surface area (Å²) in [6.07, 6.45) is 1.19. The smallest absolute Gasteiger partial charge is 0.305 e. The zero-order valence-electron chi connectivity index (χ0n) is 9.28. The van der Waals surface area contributed by atoms with E-state index in [1.54, 1.807) is 4.57 Å². The molecule has 1 aliphatic heterocycles. The van der Waals surface area contributed by atoms with Gasteiger partial charge in [0.15, 0.2) is 0 Å². The molecule has 1 aromatic carbocycles. The van der Waals surface area contributed by atoms with Crippen LogP contribution >= 0.6 is 23.4 Å². The zero-order valence-corrected chi connectivity index (χ0v) is 10.9. The molecule has 0 spiro atoms. The number of halogens is 1. The molecule has 90 valence electrons. The van der Waals surface area contributed by atoms with Crippen LogP contribution in [0.15, 0.2) is 23.0 Å². The number of thioether (sulfide) groups is 1. The Morgan fingerprint density at radius 3 is 3.18 bits per heavy atom. The van der Waals surface area contributed by atoms with E-state index in [2.05, 4.69) is 4.98 Å². The molecule has 0 saturated carbocycles. The summed E-state index contributed by atoms with van der Waals surface area (Å²) in [5.74, 6) is 2.94. The van der Waals surface area contributed by atoms with Crippen LogP contribution in [-0.4, -0.2) is 21.1 Å². The molecule has 17 heavy (non-hydrogen) atoms. The third-order valence-electron chi connectivity index (χ3n) is 3.21. The molecule has 3 rings (SSSR count). The van der Waals surface area contributed by atoms with Crippen LogP contribution in [0.4, 0.5) is 0 Å². The van der Waals surface area contributed by atoms with Gasteiger partial charge in [-0.1, -0.05) is 17.7 Å². The van der Waals surface area contributed by atoms with E-state index >= 15 is 0 Å². The molecule has 1 aliphatic rings. The number of nitrogens with zero attached hydrogens (tertiary/aromatic N) is 1. The van der Waals surface area contributed by atoms with Gasteiger partial charge < -0.3 is 4.98 Å². The van der Waals surface area contributed by atoms with Crippen LogP contribution in [0.1, 0.15) is 6.42 Å². The lowest BCUT2D eigenvalue weighted by molar-refractivity contribution is 0.492. The van der Waals surface area contributed by atoms with Gasteiger partial charge in [0.1, 0.15) is 0 Å². The van der Waals surface area contributed by atoms with Crippen molar-refractivity contribution in [3.05, 3.63) is 33.7 Å². The van der Waals surface area contributed by atoms with E-state index in [1.165, 1.54) is 12.2 Å². The van der Waals surface area contributed by atoms with Gasteiger partial charge in [0.05, 0.1) is 16.1 Å². The number of aromatic nitrogens is 2. The lowest BCUT2D eigenvalue weighted by Gasteiger charge is -2.09. The summed E-state index contributed by atoms with van der Waals surface area (Å²) in [5, 5.41) is 0.645. The van der Waals surface area contributed by atoms with Crippen LogP contribution in [0, 0.1) is 5.92 Å². The molecule has 0 radical (unpaired) electrons. The van der Waals surface area contributed by atoms with Crippen LogP contribution in [0.5, 0.6) is 0 Å². The molecule has 3 nitrogen and oxygen atoms in total. The second-order valence-electron chi connectivity index (χ2n) is 4.41. The van der Waals surface area contributed by atoms with E-state index in [9.17, 15) is 4.79 Å². The summed E-state index contributed by atoms with van der Waals surface area (Å²) in [5.41, 5.74) is 1.62. The summed E-state index contributed by atoms with van der Waals surface area (Å²) in [4.78, 5) is 14.8. The predicted molar refractivity (Wildman–Crippen MR) is 73.0 cm³/mol. The minimum absolute atomic E-state index is 0.0509. The molecule has 1 fully saturated rings. The van der Waals surface area contributed by atoms with Crippen LogP contribution < -0.4 is 5.69 Å². The molecule has 1 N–H and O–H groups in total. The van der Waals surface area contributed by atoms with E-state index < -0.39 is 0 Å². The van der Waals surface area contributed by atoms with E-state index in [1.807, 2.05) is 30.0 Å². The van der Waals surface area contributed by atoms with Gasteiger partial charge in [0.25, 0.3) is 0 Å². The van der Waals surface area contributed by atoms with Crippen molar-refractivity contribution in [2.45, 2.75) is 13.0 Å². The third kappa shape index (κ3) is 2.00. The number of benzene rings is 1. The third-order valence-corrected chi connectivity index (χ3v) is 4.74. The lowest BCUT2D eigenvalue weighted by Crippen LogP contribution is -2.21. The number of imidazole rings is 1. The average Bonchev–Trinajstić information content (AvgIpc) is 2.89. The normalized spacial score (nSPS) is 20.2. The molecule has 0 amide bonds. The van der Waals surface area contributed by atoms with Crippen molar-refractivity contribution in [1.29, 1.82) is 0 Å². The highest BCUT2D eigenvalue weighted by Gasteiger charge is 2.19. The first-order valence-corrected chi connectivity index (χ1v) is 7.24. The molecule has 1 saturated heterocycles. The van der Waals surface area contributed by atoms with Gasteiger partial charge in [-0.05, 0) is 36.0 Å². The van der Waals surface area contributed by atoms with Crippen LogP contribution in [0.2, 0.25) is 5.02 Å². The fourth-order valence-electron chi connectivity index (χ4n) is 2.33. The standard InChI is InChI=1S/C12H13ClN2OS/c13-9-2-1-3-10-11(9)15(12(16)14-10)6-8-4-5-17-7-8/h1-3,8H,4-7H2,(H,14,16). The Kier molecular flexibility index (Phi) is 2.92. The Labute approximate surface area is 108 Å². The molecule has 2 aromatic rings. The Hall–Kier alpha value is -0.870. The second-order valence-corrected chi connectivity index (χ2v) is 5.96. The fraction of sp³-hybridized carbons (Fsp3) is 0.417. The molecule has 1 atom stereocenters. The maximum absolute atomic E-state index is 11.9. The molecule has 1 unspecified atom stereocenters. The summed E-state index contributed by atoms with van der Waals surface area (Å²) in [6.45, 7) is 0.773. The topological polar surface area (TPSA) is 37.8 Å². The molecule has 1 aromatic heterocycles. The Morgan fingerprint density at radius 1 is 1.53 bits per heavy atom. The second kappa shape index (κ2) is 4.42. The van der Waals surface area contributed by atoms with Crippen molar-refractivity contribution in [2.24, 2.45) is 5.92 Å². The molecule has 0 aliphatic carbocycles. The van der Waals surface area contributed by atoms with Crippen molar-refractivity contribution >= 4 is 34.4 Å². The first-order chi connectivity index (χ1) is 8.25. The van der Waals surface area contributed by atoms with Crippen molar-refractivity contribution in [3.8, 4) is 0 Å². The van der Waals surface area contributed by atoms with Crippen molar-refractivity contribution in [2.75, 3.05) is 11.5 Å². The van der Waals surface area contributed by atoms with E-state index in [4.69, 9.17) is 11.6 Å². The van der Waals surface area contributed by atoms with Gasteiger partial charge in [-0.25, -0.2) is 4.79 Å². The number of nitrogens with one attached hydrogen (secondary N) is 1. The SMILES string of the molecule is O=c1[nH]c2cccc(Cl)c2n1CC1CCSC1. The van der Waals surface area contributed by atoms with E-state index in [-0.39, 0.29) is 5.69 Å². The molecule has 5 heteroatoms. The molecular formula is C12H13ClN2OS. The van der Waals surface area contributed by atoms with Gasteiger partial charge >= 0.3 is 5.69 Å². The van der Waals surface area contributed by atoms with Crippen molar-refractivity contribution < 1.29 is 0 Å². The summed E-state index contributed by atoms with van der Waals surface area (Å²) < 4.78 is 1.79. The lowest BCUT2D eigenvalue weighted by atomic mass is 10.1. The van der Waals surface area contributed by atoms with Crippen molar-refractivity contribution in [1.82, 2.24) is 9.55 Å². The van der Waals surface area contributed by atoms with Crippen LogP contribution in [0.25, 0.3) is 11.0 Å². The van der Waals surface area contributed by atoms with Crippen LogP contribution in [-0.2, 0) is 6.54 Å². The highest BCUT2D eigenvalue weighted by Crippen LogP contribution is 2.27. The maximum Gasteiger partial charge on any atom is 0.326 e. The Morgan fingerprint density at radius 2 is 2.41 bits per heavy atom. The number of aromatic amines is 1. The quantitative estimate of drug-likeness (QED) is 0.909. The van der Waals surface area contributed by atoms with Gasteiger partial charge in [0.2, 0.25) is 0 Å². The Bertz CT molecular complexity index is 598. The van der Waals surface area contributed by atoms with Crippen LogP contribution in [0.3, 0.4) is 0 Å². The summed E-state index contributed by atoms with van der Waals surface area (Å²) in [7, 11) is 0. The number of H-pyrrole nitrogens is 1. The first-order valence-electron chi connectivity index (χ1n) is 5.70. The zero-order chi connectivity index (χ0) is 11.8. The average molecular weight is 269 g/mol.